The number of hydrogen-bond acceptors (Lipinski definition) is 2. The van der Waals surface area contributed by atoms with E-state index in [0.29, 0.717) is 15.9 Å². The molecular weight excluding hydrogens is 329 g/mol. The molecule has 0 bridgehead atoms. The molecule has 2 heterocycles. The maximum absolute atomic E-state index is 6.16. The molecule has 1 aromatic carbocycles. The Bertz CT molecular complexity index is 633. The summed E-state index contributed by atoms with van der Waals surface area (Å²) in [4.78, 5) is 7.16. The van der Waals surface area contributed by atoms with Gasteiger partial charge in [0, 0.05) is 25.4 Å². The quantitative estimate of drug-likeness (QED) is 0.756. The van der Waals surface area contributed by atoms with E-state index in [0.717, 1.165) is 36.4 Å². The first kappa shape index (κ1) is 15.4. The van der Waals surface area contributed by atoms with Crippen molar-refractivity contribution in [3.05, 3.63) is 28.0 Å². The zero-order valence-corrected chi connectivity index (χ0v) is 14.1. The zero-order valence-electron chi connectivity index (χ0n) is 11.8. The van der Waals surface area contributed by atoms with Gasteiger partial charge < -0.3 is 9.47 Å². The standard InChI is InChI=1S/C15H18Cl3N3/c16-4-3-15-19-13-9-11(17)12(18)10-14(13)21(15)8-7-20-5-1-2-6-20/h9-10H,1-8H2. The van der Waals surface area contributed by atoms with Crippen molar-refractivity contribution < 1.29 is 0 Å². The molecule has 0 aliphatic carbocycles. The number of fused-ring (bicyclic) bond motifs is 1. The molecule has 0 radical (unpaired) electrons. The van der Waals surface area contributed by atoms with E-state index in [9.17, 15) is 0 Å². The van der Waals surface area contributed by atoms with Gasteiger partial charge in [-0.2, -0.15) is 0 Å². The lowest BCUT2D eigenvalue weighted by atomic mass is 10.3. The van der Waals surface area contributed by atoms with Gasteiger partial charge in [0.1, 0.15) is 5.82 Å². The van der Waals surface area contributed by atoms with Crippen LogP contribution in [0, 0.1) is 0 Å². The van der Waals surface area contributed by atoms with Crippen LogP contribution in [0.25, 0.3) is 11.0 Å². The molecule has 0 unspecified atom stereocenters. The smallest absolute Gasteiger partial charge is 0.111 e. The topological polar surface area (TPSA) is 21.1 Å². The van der Waals surface area contributed by atoms with Gasteiger partial charge in [-0.25, -0.2) is 4.98 Å². The highest BCUT2D eigenvalue weighted by Gasteiger charge is 2.15. The van der Waals surface area contributed by atoms with E-state index in [4.69, 9.17) is 34.8 Å². The van der Waals surface area contributed by atoms with Gasteiger partial charge >= 0.3 is 0 Å². The predicted molar refractivity (Wildman–Crippen MR) is 89.9 cm³/mol. The molecule has 3 rings (SSSR count). The molecule has 0 N–H and O–H groups in total. The molecule has 1 aliphatic rings. The van der Waals surface area contributed by atoms with Crippen LogP contribution in [0.1, 0.15) is 18.7 Å². The van der Waals surface area contributed by atoms with Gasteiger partial charge in [-0.1, -0.05) is 23.2 Å². The van der Waals surface area contributed by atoms with E-state index in [1.807, 2.05) is 12.1 Å². The first-order valence-corrected chi connectivity index (χ1v) is 8.60. The average molecular weight is 347 g/mol. The lowest BCUT2D eigenvalue weighted by Gasteiger charge is -2.16. The molecule has 0 saturated carbocycles. The Hall–Kier alpha value is -0.480. The fraction of sp³-hybridized carbons (Fsp3) is 0.533. The molecular formula is C15H18Cl3N3. The molecule has 0 atom stereocenters. The van der Waals surface area contributed by atoms with E-state index in [2.05, 4.69) is 14.5 Å². The number of alkyl halides is 1. The minimum absolute atomic E-state index is 0.547. The molecule has 0 amide bonds. The maximum atomic E-state index is 6.16. The SMILES string of the molecule is ClCCc1nc2cc(Cl)c(Cl)cc2n1CCN1CCCC1. The highest BCUT2D eigenvalue weighted by molar-refractivity contribution is 6.42. The van der Waals surface area contributed by atoms with E-state index in [-0.39, 0.29) is 0 Å². The van der Waals surface area contributed by atoms with Crippen molar-refractivity contribution in [3.8, 4) is 0 Å². The molecule has 1 fully saturated rings. The van der Waals surface area contributed by atoms with Gasteiger partial charge in [0.05, 0.1) is 21.1 Å². The van der Waals surface area contributed by atoms with Gasteiger partial charge in [-0.05, 0) is 38.1 Å². The Morgan fingerprint density at radius 3 is 2.48 bits per heavy atom. The number of rotatable bonds is 5. The first-order valence-electron chi connectivity index (χ1n) is 7.31. The van der Waals surface area contributed by atoms with Crippen LogP contribution < -0.4 is 0 Å². The Labute approximate surface area is 139 Å². The molecule has 21 heavy (non-hydrogen) atoms. The van der Waals surface area contributed by atoms with Crippen molar-refractivity contribution in [2.75, 3.05) is 25.5 Å². The maximum Gasteiger partial charge on any atom is 0.111 e. The van der Waals surface area contributed by atoms with Crippen LogP contribution >= 0.6 is 34.8 Å². The van der Waals surface area contributed by atoms with Crippen molar-refractivity contribution in [1.82, 2.24) is 14.5 Å². The minimum atomic E-state index is 0.547. The Balaban J connectivity index is 1.92. The van der Waals surface area contributed by atoms with E-state index < -0.39 is 0 Å². The Morgan fingerprint density at radius 2 is 1.76 bits per heavy atom. The van der Waals surface area contributed by atoms with Crippen LogP contribution in [0.15, 0.2) is 12.1 Å². The van der Waals surface area contributed by atoms with E-state index in [1.54, 1.807) is 0 Å². The second-order valence-electron chi connectivity index (χ2n) is 5.42. The number of benzene rings is 1. The molecule has 6 heteroatoms. The minimum Gasteiger partial charge on any atom is -0.327 e. The summed E-state index contributed by atoms with van der Waals surface area (Å²) in [7, 11) is 0. The third-order valence-electron chi connectivity index (χ3n) is 4.03. The molecule has 1 aliphatic heterocycles. The molecule has 114 valence electrons. The van der Waals surface area contributed by atoms with Crippen LogP contribution in [0.2, 0.25) is 10.0 Å². The molecule has 3 nitrogen and oxygen atoms in total. The lowest BCUT2D eigenvalue weighted by Crippen LogP contribution is -2.24. The van der Waals surface area contributed by atoms with Crippen molar-refractivity contribution >= 4 is 45.8 Å². The number of nitrogens with zero attached hydrogens (tertiary/aromatic N) is 3. The van der Waals surface area contributed by atoms with Crippen LogP contribution in [0.3, 0.4) is 0 Å². The Kier molecular flexibility index (Phi) is 4.95. The summed E-state index contributed by atoms with van der Waals surface area (Å²) in [5, 5.41) is 1.12. The number of likely N-dealkylation sites (tertiary alicyclic amines) is 1. The van der Waals surface area contributed by atoms with Gasteiger partial charge in [-0.15, -0.1) is 11.6 Å². The van der Waals surface area contributed by atoms with E-state index in [1.165, 1.54) is 25.9 Å². The second-order valence-corrected chi connectivity index (χ2v) is 6.61. The summed E-state index contributed by atoms with van der Waals surface area (Å²) < 4.78 is 2.23. The van der Waals surface area contributed by atoms with Gasteiger partial charge in [0.2, 0.25) is 0 Å². The van der Waals surface area contributed by atoms with Crippen LogP contribution in [-0.4, -0.2) is 40.0 Å². The number of halogens is 3. The third kappa shape index (κ3) is 3.31. The largest absolute Gasteiger partial charge is 0.327 e. The number of aromatic nitrogens is 2. The zero-order chi connectivity index (χ0) is 14.8. The summed E-state index contributed by atoms with van der Waals surface area (Å²) in [5.74, 6) is 1.58. The first-order chi connectivity index (χ1) is 10.2. The Morgan fingerprint density at radius 1 is 1.05 bits per heavy atom. The van der Waals surface area contributed by atoms with Gasteiger partial charge in [0.15, 0.2) is 0 Å². The number of imidazole rings is 1. The van der Waals surface area contributed by atoms with Gasteiger partial charge in [-0.3, -0.25) is 0 Å². The summed E-state index contributed by atoms with van der Waals surface area (Å²) >= 11 is 18.2. The van der Waals surface area contributed by atoms with Crippen LogP contribution in [0.5, 0.6) is 0 Å². The molecule has 1 saturated heterocycles. The fourth-order valence-corrected chi connectivity index (χ4v) is 3.43. The van der Waals surface area contributed by atoms with Crippen LogP contribution in [-0.2, 0) is 13.0 Å². The van der Waals surface area contributed by atoms with Crippen molar-refractivity contribution in [3.63, 3.8) is 0 Å². The van der Waals surface area contributed by atoms with Gasteiger partial charge in [0.25, 0.3) is 0 Å². The normalized spacial score (nSPS) is 16.1. The molecule has 1 aromatic heterocycles. The second kappa shape index (κ2) is 6.74. The van der Waals surface area contributed by atoms with Crippen molar-refractivity contribution in [2.45, 2.75) is 25.8 Å². The highest BCUT2D eigenvalue weighted by Crippen LogP contribution is 2.28. The summed E-state index contributed by atoms with van der Waals surface area (Å²) in [6, 6.07) is 3.75. The predicted octanol–water partition coefficient (Wildman–Crippen LogP) is 4.22. The lowest BCUT2D eigenvalue weighted by molar-refractivity contribution is 0.322. The molecule has 2 aromatic rings. The third-order valence-corrected chi connectivity index (χ3v) is 4.94. The fourth-order valence-electron chi connectivity index (χ4n) is 2.94. The van der Waals surface area contributed by atoms with E-state index >= 15 is 0 Å². The highest BCUT2D eigenvalue weighted by atomic mass is 35.5. The summed E-state index contributed by atoms with van der Waals surface area (Å²) in [6.07, 6.45) is 3.37. The summed E-state index contributed by atoms with van der Waals surface area (Å²) in [6.45, 7) is 4.36. The molecule has 0 spiro atoms. The van der Waals surface area contributed by atoms with Crippen molar-refractivity contribution in [2.24, 2.45) is 0 Å². The monoisotopic (exact) mass is 345 g/mol. The van der Waals surface area contributed by atoms with Crippen LogP contribution in [0.4, 0.5) is 0 Å². The van der Waals surface area contributed by atoms with Crippen molar-refractivity contribution in [1.29, 1.82) is 0 Å². The number of hydrogen-bond donors (Lipinski definition) is 0. The summed E-state index contributed by atoms with van der Waals surface area (Å²) in [5.41, 5.74) is 1.94. The number of aryl methyl sites for hydroxylation is 1. The average Bonchev–Trinajstić information content (AvgIpc) is 3.06.